The van der Waals surface area contributed by atoms with Crippen LogP contribution in [0.3, 0.4) is 0 Å². The first kappa shape index (κ1) is 26.4. The Morgan fingerprint density at radius 1 is 1.29 bits per heavy atom. The number of amides is 1. The largest absolute Gasteiger partial charge is 0.416 e. The Hall–Kier alpha value is -1.67. The lowest BCUT2D eigenvalue weighted by atomic mass is 9.73. The fraction of sp³-hybridized carbons (Fsp3) is 0.741. The van der Waals surface area contributed by atoms with Crippen LogP contribution in [0, 0.1) is 23.1 Å². The van der Waals surface area contributed by atoms with Gasteiger partial charge >= 0.3 is 6.18 Å². The normalized spacial score (nSPS) is 29.7. The van der Waals surface area contributed by atoms with Gasteiger partial charge in [-0.3, -0.25) is 9.69 Å². The van der Waals surface area contributed by atoms with Crippen LogP contribution >= 0.6 is 0 Å². The van der Waals surface area contributed by atoms with Gasteiger partial charge in [0.15, 0.2) is 0 Å². The first-order valence-corrected chi connectivity index (χ1v) is 13.0. The third-order valence-corrected chi connectivity index (χ3v) is 9.01. The molecule has 0 aromatic heterocycles. The molecular formula is C27H38F4N2O2. The van der Waals surface area contributed by atoms with E-state index in [4.69, 9.17) is 4.74 Å². The van der Waals surface area contributed by atoms with Crippen molar-refractivity contribution < 1.29 is 27.1 Å². The van der Waals surface area contributed by atoms with Gasteiger partial charge in [-0.05, 0) is 80.7 Å². The third-order valence-electron chi connectivity index (χ3n) is 9.01. The molecule has 2 aliphatic heterocycles. The van der Waals surface area contributed by atoms with Crippen molar-refractivity contribution in [2.75, 3.05) is 26.8 Å². The lowest BCUT2D eigenvalue weighted by Crippen LogP contribution is -2.50. The van der Waals surface area contributed by atoms with Crippen LogP contribution in [0.2, 0.25) is 0 Å². The first-order valence-electron chi connectivity index (χ1n) is 13.0. The van der Waals surface area contributed by atoms with Crippen molar-refractivity contribution in [1.29, 1.82) is 0 Å². The first-order chi connectivity index (χ1) is 16.5. The van der Waals surface area contributed by atoms with Gasteiger partial charge in [0, 0.05) is 31.8 Å². The van der Waals surface area contributed by atoms with E-state index < -0.39 is 23.0 Å². The van der Waals surface area contributed by atoms with Crippen LogP contribution in [-0.2, 0) is 28.7 Å². The van der Waals surface area contributed by atoms with Gasteiger partial charge in [0.2, 0.25) is 5.91 Å². The smallest absolute Gasteiger partial charge is 0.381 e. The summed E-state index contributed by atoms with van der Waals surface area (Å²) in [6.07, 6.45) is 0.0933. The van der Waals surface area contributed by atoms with Gasteiger partial charge < -0.3 is 9.64 Å². The van der Waals surface area contributed by atoms with Gasteiger partial charge in [-0.1, -0.05) is 20.8 Å². The van der Waals surface area contributed by atoms with Crippen molar-refractivity contribution >= 4 is 5.91 Å². The minimum atomic E-state index is -4.62. The van der Waals surface area contributed by atoms with Gasteiger partial charge in [0.25, 0.3) is 0 Å². The van der Waals surface area contributed by atoms with E-state index in [-0.39, 0.29) is 36.4 Å². The van der Waals surface area contributed by atoms with Crippen LogP contribution in [0.5, 0.6) is 0 Å². The molecule has 1 saturated carbocycles. The summed E-state index contributed by atoms with van der Waals surface area (Å²) < 4.78 is 60.0. The topological polar surface area (TPSA) is 32.8 Å². The van der Waals surface area contributed by atoms with E-state index in [9.17, 15) is 22.4 Å². The molecule has 8 heteroatoms. The molecule has 4 nitrogen and oxygen atoms in total. The van der Waals surface area contributed by atoms with E-state index in [0.717, 1.165) is 51.4 Å². The summed E-state index contributed by atoms with van der Waals surface area (Å²) in [5.41, 5.74) is -0.972. The van der Waals surface area contributed by atoms with E-state index in [0.29, 0.717) is 30.1 Å². The summed E-state index contributed by atoms with van der Waals surface area (Å²) in [4.78, 5) is 18.1. The number of fused-ring (bicyclic) bond motifs is 1. The number of hydrogen-bond acceptors (Lipinski definition) is 3. The Morgan fingerprint density at radius 2 is 2.03 bits per heavy atom. The highest BCUT2D eigenvalue weighted by Crippen LogP contribution is 2.48. The number of alkyl halides is 3. The molecule has 0 spiro atoms. The molecule has 1 aliphatic carbocycles. The maximum absolute atomic E-state index is 14.5. The van der Waals surface area contributed by atoms with Gasteiger partial charge in [-0.15, -0.1) is 0 Å². The average Bonchev–Trinajstić information content (AvgIpc) is 3.29. The lowest BCUT2D eigenvalue weighted by molar-refractivity contribution is -0.146. The van der Waals surface area contributed by atoms with Gasteiger partial charge in [0.05, 0.1) is 17.6 Å². The Kier molecular flexibility index (Phi) is 7.54. The molecule has 1 aromatic carbocycles. The maximum atomic E-state index is 14.5. The summed E-state index contributed by atoms with van der Waals surface area (Å²) in [6.45, 7) is 8.24. The van der Waals surface area contributed by atoms with Crippen molar-refractivity contribution in [2.45, 2.75) is 84.1 Å². The zero-order chi connectivity index (χ0) is 25.5. The van der Waals surface area contributed by atoms with Crippen molar-refractivity contribution in [3.8, 4) is 0 Å². The predicted molar refractivity (Wildman–Crippen MR) is 126 cm³/mol. The molecule has 1 amide bonds. The summed E-state index contributed by atoms with van der Waals surface area (Å²) in [7, 11) is 2.17. The number of ether oxygens (including phenoxy) is 1. The molecule has 2 unspecified atom stereocenters. The summed E-state index contributed by atoms with van der Waals surface area (Å²) in [5.74, 6) is -0.240. The van der Waals surface area contributed by atoms with Crippen LogP contribution in [0.1, 0.15) is 69.6 Å². The monoisotopic (exact) mass is 498 g/mol. The Balaban J connectivity index is 1.53. The van der Waals surface area contributed by atoms with E-state index in [1.165, 1.54) is 0 Å². The maximum Gasteiger partial charge on any atom is 0.416 e. The van der Waals surface area contributed by atoms with Crippen LogP contribution < -0.4 is 0 Å². The molecule has 0 radical (unpaired) electrons. The Morgan fingerprint density at radius 3 is 2.69 bits per heavy atom. The molecule has 0 bridgehead atoms. The highest BCUT2D eigenvalue weighted by molar-refractivity contribution is 5.84. The standard InChI is InChI=1S/C27H38F4N2O2/c1-5-18-16-35-11-8-24(18)32(4)21-6-9-26(14-21,17(2)3)25(34)33-10-7-22-19(15-33)12-20(13-23(22)28)27(29,30)31/h12-13,17-18,21,24H,5-11,14-16H2,1-4H3/t18?,21-,24?,26+/m1/s1. The number of hydrogen-bond donors (Lipinski definition) is 0. The van der Waals surface area contributed by atoms with Crippen LogP contribution in [0.25, 0.3) is 0 Å². The zero-order valence-corrected chi connectivity index (χ0v) is 21.3. The van der Waals surface area contributed by atoms with Gasteiger partial charge in [0.1, 0.15) is 5.82 Å². The molecule has 35 heavy (non-hydrogen) atoms. The molecule has 196 valence electrons. The second-order valence-electron chi connectivity index (χ2n) is 11.0. The fourth-order valence-corrected chi connectivity index (χ4v) is 6.64. The molecular weight excluding hydrogens is 460 g/mol. The van der Waals surface area contributed by atoms with E-state index in [1.54, 1.807) is 4.90 Å². The van der Waals surface area contributed by atoms with Crippen LogP contribution in [-0.4, -0.2) is 54.6 Å². The quantitative estimate of drug-likeness (QED) is 0.491. The highest BCUT2D eigenvalue weighted by Gasteiger charge is 2.51. The SMILES string of the molecule is CCC1COCCC1N(C)[C@@H]1CC[C@@](C(=O)N2CCc3c(F)cc(C(F)(F)F)cc3C2)(C(C)C)C1. The molecule has 3 aliphatic rings. The average molecular weight is 499 g/mol. The minimum absolute atomic E-state index is 0.00545. The molecule has 4 atom stereocenters. The number of halogens is 4. The van der Waals surface area contributed by atoms with Crippen molar-refractivity contribution in [3.63, 3.8) is 0 Å². The number of carbonyl (C=O) groups excluding carboxylic acids is 1. The summed E-state index contributed by atoms with van der Waals surface area (Å²) in [5, 5.41) is 0. The van der Waals surface area contributed by atoms with Crippen molar-refractivity contribution in [2.24, 2.45) is 17.3 Å². The molecule has 4 rings (SSSR count). The Labute approximate surface area is 206 Å². The Bertz CT molecular complexity index is 934. The van der Waals surface area contributed by atoms with E-state index in [1.807, 2.05) is 0 Å². The van der Waals surface area contributed by atoms with E-state index >= 15 is 0 Å². The highest BCUT2D eigenvalue weighted by atomic mass is 19.4. The lowest BCUT2D eigenvalue weighted by Gasteiger charge is -2.43. The summed E-state index contributed by atoms with van der Waals surface area (Å²) in [6, 6.07) is 2.30. The fourth-order valence-electron chi connectivity index (χ4n) is 6.64. The van der Waals surface area contributed by atoms with Crippen LogP contribution in [0.15, 0.2) is 12.1 Å². The van der Waals surface area contributed by atoms with Gasteiger partial charge in [-0.25, -0.2) is 4.39 Å². The van der Waals surface area contributed by atoms with Gasteiger partial charge in [-0.2, -0.15) is 13.2 Å². The van der Waals surface area contributed by atoms with Crippen LogP contribution in [0.4, 0.5) is 17.6 Å². The number of rotatable bonds is 5. The number of benzene rings is 1. The second-order valence-corrected chi connectivity index (χ2v) is 11.0. The second kappa shape index (κ2) is 10.0. The minimum Gasteiger partial charge on any atom is -0.381 e. The summed E-state index contributed by atoms with van der Waals surface area (Å²) >= 11 is 0. The number of carbonyl (C=O) groups is 1. The molecule has 0 N–H and O–H groups in total. The molecule has 1 saturated heterocycles. The van der Waals surface area contributed by atoms with Crippen molar-refractivity contribution in [3.05, 3.63) is 34.6 Å². The molecule has 2 heterocycles. The van der Waals surface area contributed by atoms with E-state index in [2.05, 4.69) is 32.7 Å². The van der Waals surface area contributed by atoms with Crippen molar-refractivity contribution in [1.82, 2.24) is 9.80 Å². The predicted octanol–water partition coefficient (Wildman–Crippen LogP) is 5.67. The molecule has 1 aromatic rings. The third kappa shape index (κ3) is 4.97. The number of nitrogens with zero attached hydrogens (tertiary/aromatic N) is 2. The molecule has 2 fully saturated rings. The zero-order valence-electron chi connectivity index (χ0n) is 21.3.